The Morgan fingerprint density at radius 2 is 1.84 bits per heavy atom. The summed E-state index contributed by atoms with van der Waals surface area (Å²) < 4.78 is 11.8. The molecule has 2 aliphatic heterocycles. The molecule has 1 N–H and O–H groups in total. The van der Waals surface area contributed by atoms with E-state index in [-0.39, 0.29) is 18.0 Å². The highest BCUT2D eigenvalue weighted by Crippen LogP contribution is 2.33. The van der Waals surface area contributed by atoms with Gasteiger partial charge in [-0.25, -0.2) is 0 Å². The molecule has 7 nitrogen and oxygen atoms in total. The van der Waals surface area contributed by atoms with Crippen LogP contribution in [0.3, 0.4) is 0 Å². The predicted molar refractivity (Wildman–Crippen MR) is 149 cm³/mol. The maximum atomic E-state index is 12.9. The Morgan fingerprint density at radius 1 is 1.05 bits per heavy atom. The molecule has 0 atom stereocenters. The van der Waals surface area contributed by atoms with E-state index in [1.807, 2.05) is 62.4 Å². The maximum Gasteiger partial charge on any atom is 0.283 e. The minimum atomic E-state index is -0.485. The SMILES string of the molecule is CCOc1cc(/C=C2\C(=N)N3N=C(c4ccc(C)cc4)SC3=NC2=O)ccc1OCc1ccccc1Cl. The Balaban J connectivity index is 1.39. The van der Waals surface area contributed by atoms with Crippen LogP contribution in [0.15, 0.2) is 82.4 Å². The minimum Gasteiger partial charge on any atom is -0.490 e. The molecule has 1 amide bonds. The molecule has 2 heterocycles. The zero-order valence-electron chi connectivity index (χ0n) is 20.2. The van der Waals surface area contributed by atoms with Crippen LogP contribution in [-0.2, 0) is 11.4 Å². The second-order valence-electron chi connectivity index (χ2n) is 8.31. The number of hydrogen-bond acceptors (Lipinski definition) is 6. The van der Waals surface area contributed by atoms with Gasteiger partial charge in [-0.2, -0.15) is 15.1 Å². The number of halogens is 1. The number of aliphatic imine (C=N–C) groups is 1. The van der Waals surface area contributed by atoms with E-state index in [1.165, 1.54) is 16.8 Å². The van der Waals surface area contributed by atoms with Crippen molar-refractivity contribution < 1.29 is 14.3 Å². The van der Waals surface area contributed by atoms with Crippen molar-refractivity contribution in [3.05, 3.63) is 99.6 Å². The van der Waals surface area contributed by atoms with Crippen molar-refractivity contribution in [1.82, 2.24) is 5.01 Å². The van der Waals surface area contributed by atoms with Crippen LogP contribution in [-0.4, -0.2) is 33.6 Å². The van der Waals surface area contributed by atoms with E-state index in [9.17, 15) is 4.79 Å². The molecule has 9 heteroatoms. The molecule has 3 aromatic carbocycles. The molecule has 0 bridgehead atoms. The monoisotopic (exact) mass is 530 g/mol. The number of ether oxygens (including phenoxy) is 2. The Labute approximate surface area is 224 Å². The first kappa shape index (κ1) is 24.8. The number of nitrogens with one attached hydrogen (secondary N) is 1. The number of amidine groups is 2. The molecule has 0 fully saturated rings. The fraction of sp³-hybridized carbons (Fsp3) is 0.143. The molecule has 0 radical (unpaired) electrons. The number of amides is 1. The van der Waals surface area contributed by atoms with Gasteiger partial charge in [0.2, 0.25) is 5.17 Å². The number of aryl methyl sites for hydroxylation is 1. The summed E-state index contributed by atoms with van der Waals surface area (Å²) >= 11 is 7.52. The number of hydrazone groups is 1. The number of thioether (sulfide) groups is 1. The third kappa shape index (κ3) is 5.30. The van der Waals surface area contributed by atoms with E-state index in [0.29, 0.717) is 38.9 Å². The van der Waals surface area contributed by atoms with Crippen LogP contribution >= 0.6 is 23.4 Å². The van der Waals surface area contributed by atoms with Crippen molar-refractivity contribution in [2.45, 2.75) is 20.5 Å². The fourth-order valence-corrected chi connectivity index (χ4v) is 4.83. The highest BCUT2D eigenvalue weighted by atomic mass is 35.5. The van der Waals surface area contributed by atoms with Crippen molar-refractivity contribution in [3.63, 3.8) is 0 Å². The molecule has 2 aliphatic rings. The second-order valence-corrected chi connectivity index (χ2v) is 9.67. The van der Waals surface area contributed by atoms with E-state index in [4.69, 9.17) is 26.5 Å². The zero-order valence-corrected chi connectivity index (χ0v) is 21.8. The summed E-state index contributed by atoms with van der Waals surface area (Å²) in [5, 5.41) is 16.3. The summed E-state index contributed by atoms with van der Waals surface area (Å²) in [6.07, 6.45) is 1.62. The van der Waals surface area contributed by atoms with Gasteiger partial charge in [-0.05, 0) is 55.4 Å². The van der Waals surface area contributed by atoms with Crippen molar-refractivity contribution >= 4 is 51.4 Å². The van der Waals surface area contributed by atoms with Gasteiger partial charge in [-0.1, -0.05) is 65.7 Å². The molecule has 0 spiro atoms. The smallest absolute Gasteiger partial charge is 0.283 e. The number of carbonyl (C=O) groups is 1. The number of fused-ring (bicyclic) bond motifs is 1. The molecule has 0 saturated carbocycles. The third-order valence-electron chi connectivity index (χ3n) is 5.67. The van der Waals surface area contributed by atoms with E-state index in [0.717, 1.165) is 16.7 Å². The van der Waals surface area contributed by atoms with Crippen molar-refractivity contribution in [2.24, 2.45) is 10.1 Å². The van der Waals surface area contributed by atoms with Crippen molar-refractivity contribution in [3.8, 4) is 11.5 Å². The lowest BCUT2D eigenvalue weighted by Gasteiger charge is -2.20. The third-order valence-corrected chi connectivity index (χ3v) is 7.00. The summed E-state index contributed by atoms with van der Waals surface area (Å²) in [5.74, 6) is 0.569. The summed E-state index contributed by atoms with van der Waals surface area (Å²) in [5.41, 5.74) is 3.73. The van der Waals surface area contributed by atoms with Crippen LogP contribution in [0.2, 0.25) is 5.02 Å². The standard InChI is InChI=1S/C28H23ClN4O3S/c1-3-35-24-15-18(10-13-23(24)36-16-20-6-4-5-7-22(20)29)14-21-25(30)33-28(31-26(21)34)37-27(32-33)19-11-8-17(2)9-12-19/h4-15,30H,3,16H2,1-2H3/b21-14+,30-25?. The van der Waals surface area contributed by atoms with Crippen LogP contribution < -0.4 is 9.47 Å². The first-order chi connectivity index (χ1) is 17.9. The Kier molecular flexibility index (Phi) is 7.12. The number of rotatable bonds is 7. The molecule has 0 unspecified atom stereocenters. The van der Waals surface area contributed by atoms with Crippen LogP contribution in [0.4, 0.5) is 0 Å². The molecule has 0 aromatic heterocycles. The summed E-state index contributed by atoms with van der Waals surface area (Å²) in [6.45, 7) is 4.62. The predicted octanol–water partition coefficient (Wildman–Crippen LogP) is 6.29. The molecular formula is C28H23ClN4O3S. The van der Waals surface area contributed by atoms with Crippen LogP contribution in [0.1, 0.15) is 29.2 Å². The summed E-state index contributed by atoms with van der Waals surface area (Å²) in [6, 6.07) is 20.8. The van der Waals surface area contributed by atoms with Crippen LogP contribution in [0.5, 0.6) is 11.5 Å². The van der Waals surface area contributed by atoms with Gasteiger partial charge in [0.05, 0.1) is 12.2 Å². The number of benzene rings is 3. The minimum absolute atomic E-state index is 0.0263. The molecule has 186 valence electrons. The average molecular weight is 531 g/mol. The molecule has 0 aliphatic carbocycles. The Bertz CT molecular complexity index is 1480. The van der Waals surface area contributed by atoms with E-state index in [1.54, 1.807) is 24.3 Å². The van der Waals surface area contributed by atoms with Gasteiger partial charge in [-0.15, -0.1) is 0 Å². The first-order valence-corrected chi connectivity index (χ1v) is 12.8. The summed E-state index contributed by atoms with van der Waals surface area (Å²) in [7, 11) is 0. The van der Waals surface area contributed by atoms with Gasteiger partial charge in [0, 0.05) is 16.1 Å². The Morgan fingerprint density at radius 3 is 2.59 bits per heavy atom. The fourth-order valence-electron chi connectivity index (χ4n) is 3.74. The number of hydrogen-bond donors (Lipinski definition) is 1. The lowest BCUT2D eigenvalue weighted by Crippen LogP contribution is -2.35. The Hall–Kier alpha value is -3.88. The van der Waals surface area contributed by atoms with E-state index in [2.05, 4.69) is 10.1 Å². The molecular weight excluding hydrogens is 508 g/mol. The molecule has 0 saturated heterocycles. The van der Waals surface area contributed by atoms with Gasteiger partial charge in [0.15, 0.2) is 17.3 Å². The average Bonchev–Trinajstić information content (AvgIpc) is 3.31. The van der Waals surface area contributed by atoms with Gasteiger partial charge < -0.3 is 9.47 Å². The lowest BCUT2D eigenvalue weighted by atomic mass is 10.1. The largest absolute Gasteiger partial charge is 0.490 e. The summed E-state index contributed by atoms with van der Waals surface area (Å²) in [4.78, 5) is 17.0. The number of carbonyl (C=O) groups excluding carboxylic acids is 1. The van der Waals surface area contributed by atoms with Crippen molar-refractivity contribution in [1.29, 1.82) is 5.41 Å². The highest BCUT2D eigenvalue weighted by Gasteiger charge is 2.36. The van der Waals surface area contributed by atoms with Gasteiger partial charge in [0.1, 0.15) is 11.7 Å². The first-order valence-electron chi connectivity index (χ1n) is 11.6. The van der Waals surface area contributed by atoms with Gasteiger partial charge in [0.25, 0.3) is 5.91 Å². The molecule has 3 aromatic rings. The topological polar surface area (TPSA) is 87.3 Å². The molecule has 5 rings (SSSR count). The van der Waals surface area contributed by atoms with E-state index < -0.39 is 5.91 Å². The van der Waals surface area contributed by atoms with E-state index >= 15 is 0 Å². The normalized spacial score (nSPS) is 16.0. The van der Waals surface area contributed by atoms with Crippen molar-refractivity contribution in [2.75, 3.05) is 6.61 Å². The lowest BCUT2D eigenvalue weighted by molar-refractivity contribution is -0.114. The second kappa shape index (κ2) is 10.6. The number of nitrogens with zero attached hydrogens (tertiary/aromatic N) is 3. The maximum absolute atomic E-state index is 12.9. The van der Waals surface area contributed by atoms with Crippen LogP contribution in [0, 0.1) is 12.3 Å². The van der Waals surface area contributed by atoms with Crippen LogP contribution in [0.25, 0.3) is 6.08 Å². The quantitative estimate of drug-likeness (QED) is 0.362. The van der Waals surface area contributed by atoms with Gasteiger partial charge in [-0.3, -0.25) is 10.2 Å². The highest BCUT2D eigenvalue weighted by molar-refractivity contribution is 8.27. The van der Waals surface area contributed by atoms with Gasteiger partial charge >= 0.3 is 0 Å². The zero-order chi connectivity index (χ0) is 25.9. The molecule has 37 heavy (non-hydrogen) atoms.